The molecule has 0 bridgehead atoms. The molecule has 1 aliphatic heterocycles. The molecule has 0 radical (unpaired) electrons. The molecule has 3 rings (SSSR count). The lowest BCUT2D eigenvalue weighted by molar-refractivity contribution is 0.0707. The maximum Gasteiger partial charge on any atom is 0.254 e. The molecule has 1 saturated heterocycles. The quantitative estimate of drug-likeness (QED) is 0.849. The minimum Gasteiger partial charge on any atom is -0.349 e. The number of carbonyl (C=O) groups is 2. The average molecular weight is 378 g/mol. The maximum atomic E-state index is 12.8. The van der Waals surface area contributed by atoms with Gasteiger partial charge in [-0.25, -0.2) is 8.42 Å². The van der Waals surface area contributed by atoms with Gasteiger partial charge in [0.25, 0.3) is 11.8 Å². The second-order valence-electron chi connectivity index (χ2n) is 7.18. The van der Waals surface area contributed by atoms with Gasteiger partial charge < -0.3 is 10.2 Å². The summed E-state index contributed by atoms with van der Waals surface area (Å²) in [5.74, 6) is -0.113. The summed E-state index contributed by atoms with van der Waals surface area (Å²) < 4.78 is 23.4. The van der Waals surface area contributed by atoms with Gasteiger partial charge in [0.05, 0.1) is 11.5 Å². The zero-order chi connectivity index (χ0) is 18.7. The molecule has 7 heteroatoms. The summed E-state index contributed by atoms with van der Waals surface area (Å²) in [5.41, 5.74) is 1.02. The van der Waals surface area contributed by atoms with E-state index in [0.29, 0.717) is 24.1 Å². The molecule has 26 heavy (non-hydrogen) atoms. The average Bonchev–Trinajstić information content (AvgIpc) is 3.25. The van der Waals surface area contributed by atoms with Crippen LogP contribution in [-0.2, 0) is 9.84 Å². The number of hydrogen-bond donors (Lipinski definition) is 1. The zero-order valence-corrected chi connectivity index (χ0v) is 15.9. The lowest BCUT2D eigenvalue weighted by atomic mass is 10.1. The van der Waals surface area contributed by atoms with Gasteiger partial charge in [0, 0.05) is 29.8 Å². The first kappa shape index (κ1) is 18.9. The van der Waals surface area contributed by atoms with Crippen molar-refractivity contribution >= 4 is 21.7 Å². The summed E-state index contributed by atoms with van der Waals surface area (Å²) in [6.45, 7) is 2.31. The van der Waals surface area contributed by atoms with E-state index >= 15 is 0 Å². The van der Waals surface area contributed by atoms with Crippen LogP contribution in [0.4, 0.5) is 0 Å². The van der Waals surface area contributed by atoms with Crippen LogP contribution in [0.5, 0.6) is 0 Å². The van der Waals surface area contributed by atoms with Gasteiger partial charge in [-0.1, -0.05) is 12.8 Å². The molecule has 1 atom stereocenters. The van der Waals surface area contributed by atoms with Crippen LogP contribution in [0.1, 0.15) is 59.7 Å². The highest BCUT2D eigenvalue weighted by Gasteiger charge is 2.34. The number of nitrogens with zero attached hydrogens (tertiary/aromatic N) is 1. The summed E-state index contributed by atoms with van der Waals surface area (Å²) in [5, 5.41) is 3.03. The molecular weight excluding hydrogens is 352 g/mol. The van der Waals surface area contributed by atoms with Crippen LogP contribution in [0.25, 0.3) is 0 Å². The molecule has 6 nitrogen and oxygen atoms in total. The minimum atomic E-state index is -3.04. The second-order valence-corrected chi connectivity index (χ2v) is 9.41. The van der Waals surface area contributed by atoms with Gasteiger partial charge in [0.15, 0.2) is 9.84 Å². The van der Waals surface area contributed by atoms with E-state index in [0.717, 1.165) is 25.7 Å². The van der Waals surface area contributed by atoms with Crippen molar-refractivity contribution in [2.75, 3.05) is 18.1 Å². The van der Waals surface area contributed by atoms with Crippen molar-refractivity contribution < 1.29 is 18.0 Å². The van der Waals surface area contributed by atoms with E-state index in [2.05, 4.69) is 5.32 Å². The van der Waals surface area contributed by atoms with Crippen LogP contribution < -0.4 is 5.32 Å². The van der Waals surface area contributed by atoms with E-state index in [9.17, 15) is 18.0 Å². The van der Waals surface area contributed by atoms with Crippen molar-refractivity contribution in [3.63, 3.8) is 0 Å². The molecule has 1 N–H and O–H groups in total. The highest BCUT2D eigenvalue weighted by atomic mass is 32.2. The number of benzene rings is 1. The van der Waals surface area contributed by atoms with Gasteiger partial charge in [-0.3, -0.25) is 9.59 Å². The monoisotopic (exact) mass is 378 g/mol. The molecule has 1 aromatic carbocycles. The standard InChI is InChI=1S/C19H26N2O4S/c1-2-21(17-11-12-26(24,25)13-17)19(23)15-9-7-14(8-10-15)18(22)20-16-5-3-4-6-16/h7-10,16-17H,2-6,11-13H2,1H3,(H,20,22). The summed E-state index contributed by atoms with van der Waals surface area (Å²) >= 11 is 0. The van der Waals surface area contributed by atoms with E-state index in [-0.39, 0.29) is 35.4 Å². The molecule has 2 fully saturated rings. The van der Waals surface area contributed by atoms with Gasteiger partial charge in [-0.05, 0) is 50.5 Å². The van der Waals surface area contributed by atoms with Crippen LogP contribution in [0, 0.1) is 0 Å². The Hall–Kier alpha value is -1.89. The molecule has 142 valence electrons. The number of nitrogens with one attached hydrogen (secondary N) is 1. The van der Waals surface area contributed by atoms with E-state index in [4.69, 9.17) is 0 Å². The third-order valence-electron chi connectivity index (χ3n) is 5.34. The highest BCUT2D eigenvalue weighted by molar-refractivity contribution is 7.91. The molecule has 1 aromatic rings. The Morgan fingerprint density at radius 2 is 1.69 bits per heavy atom. The predicted octanol–water partition coefficient (Wildman–Crippen LogP) is 2.01. The number of hydrogen-bond acceptors (Lipinski definition) is 4. The molecule has 1 heterocycles. The Morgan fingerprint density at radius 1 is 1.08 bits per heavy atom. The Labute approximate surface area is 154 Å². The third-order valence-corrected chi connectivity index (χ3v) is 7.09. The van der Waals surface area contributed by atoms with Gasteiger partial charge in [-0.15, -0.1) is 0 Å². The van der Waals surface area contributed by atoms with Crippen LogP contribution in [0.2, 0.25) is 0 Å². The predicted molar refractivity (Wildman–Crippen MR) is 99.9 cm³/mol. The van der Waals surface area contributed by atoms with Gasteiger partial charge in [0.2, 0.25) is 0 Å². The Kier molecular flexibility index (Phi) is 5.65. The Balaban J connectivity index is 1.66. The van der Waals surface area contributed by atoms with E-state index < -0.39 is 9.84 Å². The van der Waals surface area contributed by atoms with Gasteiger partial charge in [-0.2, -0.15) is 0 Å². The van der Waals surface area contributed by atoms with Crippen molar-refractivity contribution in [1.29, 1.82) is 0 Å². The molecule has 0 aromatic heterocycles. The van der Waals surface area contributed by atoms with Crippen molar-refractivity contribution in [3.8, 4) is 0 Å². The maximum absolute atomic E-state index is 12.8. The first-order chi connectivity index (χ1) is 12.4. The first-order valence-electron chi connectivity index (χ1n) is 9.32. The van der Waals surface area contributed by atoms with Crippen LogP contribution in [0.15, 0.2) is 24.3 Å². The summed E-state index contributed by atoms with van der Waals surface area (Å²) in [7, 11) is -3.04. The molecular formula is C19H26N2O4S. The normalized spacial score (nSPS) is 22.3. The van der Waals surface area contributed by atoms with Crippen molar-refractivity contribution in [2.45, 2.75) is 51.1 Å². The summed E-state index contributed by atoms with van der Waals surface area (Å²) in [6.07, 6.45) is 4.85. The first-order valence-corrected chi connectivity index (χ1v) is 11.1. The molecule has 2 aliphatic rings. The van der Waals surface area contributed by atoms with Crippen LogP contribution >= 0.6 is 0 Å². The number of sulfone groups is 1. The van der Waals surface area contributed by atoms with Crippen LogP contribution in [-0.4, -0.2) is 55.3 Å². The SMILES string of the molecule is CCN(C(=O)c1ccc(C(=O)NC2CCCC2)cc1)C1CCS(=O)(=O)C1. The fourth-order valence-corrected chi connectivity index (χ4v) is 5.59. The van der Waals surface area contributed by atoms with E-state index in [1.165, 1.54) is 0 Å². The van der Waals surface area contributed by atoms with E-state index in [1.54, 1.807) is 29.2 Å². The lowest BCUT2D eigenvalue weighted by Crippen LogP contribution is -2.41. The Morgan fingerprint density at radius 3 is 2.23 bits per heavy atom. The molecule has 0 spiro atoms. The topological polar surface area (TPSA) is 83.6 Å². The third kappa shape index (κ3) is 4.26. The number of carbonyl (C=O) groups excluding carboxylic acids is 2. The fraction of sp³-hybridized carbons (Fsp3) is 0.579. The highest BCUT2D eigenvalue weighted by Crippen LogP contribution is 2.21. The van der Waals surface area contributed by atoms with Gasteiger partial charge in [0.1, 0.15) is 0 Å². The minimum absolute atomic E-state index is 0.0362. The largest absolute Gasteiger partial charge is 0.349 e. The molecule has 1 unspecified atom stereocenters. The van der Waals surface area contributed by atoms with Crippen molar-refractivity contribution in [3.05, 3.63) is 35.4 Å². The lowest BCUT2D eigenvalue weighted by Gasteiger charge is -2.27. The van der Waals surface area contributed by atoms with Gasteiger partial charge >= 0.3 is 0 Å². The smallest absolute Gasteiger partial charge is 0.254 e. The molecule has 2 amide bonds. The Bertz CT molecular complexity index is 767. The zero-order valence-electron chi connectivity index (χ0n) is 15.1. The van der Waals surface area contributed by atoms with Crippen LogP contribution in [0.3, 0.4) is 0 Å². The summed E-state index contributed by atoms with van der Waals surface area (Å²) in [4.78, 5) is 26.7. The van der Waals surface area contributed by atoms with Crippen molar-refractivity contribution in [1.82, 2.24) is 10.2 Å². The summed E-state index contributed by atoms with van der Waals surface area (Å²) in [6, 6.07) is 6.62. The molecule has 1 saturated carbocycles. The number of amides is 2. The number of rotatable bonds is 5. The fourth-order valence-electron chi connectivity index (χ4n) is 3.86. The van der Waals surface area contributed by atoms with Crippen molar-refractivity contribution in [2.24, 2.45) is 0 Å². The molecule has 1 aliphatic carbocycles. The van der Waals surface area contributed by atoms with E-state index in [1.807, 2.05) is 6.92 Å². The second kappa shape index (κ2) is 7.78.